The van der Waals surface area contributed by atoms with Gasteiger partial charge in [0.25, 0.3) is 0 Å². The number of methoxy groups -OCH3 is 1. The highest BCUT2D eigenvalue weighted by Crippen LogP contribution is 2.27. The number of hydrogen-bond acceptors (Lipinski definition) is 4. The maximum absolute atomic E-state index is 9.70. The quantitative estimate of drug-likeness (QED) is 0.880. The van der Waals surface area contributed by atoms with E-state index in [0.29, 0.717) is 11.8 Å². The maximum atomic E-state index is 9.70. The number of aromatic hydroxyl groups is 1. The summed E-state index contributed by atoms with van der Waals surface area (Å²) in [7, 11) is 1.56. The number of nitrogens with zero attached hydrogens (tertiary/aromatic N) is 1. The van der Waals surface area contributed by atoms with Gasteiger partial charge >= 0.3 is 0 Å². The minimum absolute atomic E-state index is 0. The van der Waals surface area contributed by atoms with Crippen molar-refractivity contribution in [3.63, 3.8) is 0 Å². The fraction of sp³-hybridized carbons (Fsp3) is 0.538. The van der Waals surface area contributed by atoms with Crippen molar-refractivity contribution in [2.24, 2.45) is 5.73 Å². The lowest BCUT2D eigenvalue weighted by atomic mass is 10.1. The molecule has 0 amide bonds. The smallest absolute Gasteiger partial charge is 0.160 e. The van der Waals surface area contributed by atoms with E-state index < -0.39 is 0 Å². The molecule has 1 aromatic rings. The van der Waals surface area contributed by atoms with Gasteiger partial charge in [-0.25, -0.2) is 0 Å². The van der Waals surface area contributed by atoms with Crippen molar-refractivity contribution in [2.75, 3.05) is 20.2 Å². The van der Waals surface area contributed by atoms with Gasteiger partial charge in [0.1, 0.15) is 0 Å². The Morgan fingerprint density at radius 1 is 1.39 bits per heavy atom. The number of rotatable bonds is 3. The SMILES string of the molecule is COc1ccc(CN2CCC(N)CC2)cc1O.Cl. The predicted molar refractivity (Wildman–Crippen MR) is 74.4 cm³/mol. The van der Waals surface area contributed by atoms with Crippen LogP contribution in [-0.2, 0) is 6.54 Å². The Labute approximate surface area is 114 Å². The molecule has 102 valence electrons. The molecule has 2 rings (SSSR count). The zero-order chi connectivity index (χ0) is 12.3. The second-order valence-electron chi connectivity index (χ2n) is 4.62. The van der Waals surface area contributed by atoms with Crippen LogP contribution in [0.2, 0.25) is 0 Å². The summed E-state index contributed by atoms with van der Waals surface area (Å²) in [5, 5.41) is 9.70. The molecule has 1 fully saturated rings. The van der Waals surface area contributed by atoms with Crippen molar-refractivity contribution >= 4 is 12.4 Å². The predicted octanol–water partition coefficient (Wildman–Crippen LogP) is 1.75. The van der Waals surface area contributed by atoms with Gasteiger partial charge in [-0.05, 0) is 43.6 Å². The molecule has 0 saturated carbocycles. The molecule has 0 radical (unpaired) electrons. The van der Waals surface area contributed by atoms with E-state index in [1.807, 2.05) is 6.07 Å². The number of phenolic OH excluding ortho intramolecular Hbond substituents is 1. The number of likely N-dealkylation sites (tertiary alicyclic amines) is 1. The third-order valence-electron chi connectivity index (χ3n) is 3.28. The Kier molecular flexibility index (Phi) is 5.72. The molecule has 0 aliphatic carbocycles. The highest BCUT2D eigenvalue weighted by molar-refractivity contribution is 5.85. The molecule has 1 saturated heterocycles. The highest BCUT2D eigenvalue weighted by atomic mass is 35.5. The second-order valence-corrected chi connectivity index (χ2v) is 4.62. The van der Waals surface area contributed by atoms with Crippen LogP contribution in [0.1, 0.15) is 18.4 Å². The molecule has 18 heavy (non-hydrogen) atoms. The fourth-order valence-corrected chi connectivity index (χ4v) is 2.20. The highest BCUT2D eigenvalue weighted by Gasteiger charge is 2.16. The van der Waals surface area contributed by atoms with Gasteiger partial charge in [-0.2, -0.15) is 0 Å². The first-order chi connectivity index (χ1) is 8.19. The van der Waals surface area contributed by atoms with E-state index in [1.165, 1.54) is 0 Å². The summed E-state index contributed by atoms with van der Waals surface area (Å²) in [4.78, 5) is 2.37. The van der Waals surface area contributed by atoms with Crippen molar-refractivity contribution in [1.82, 2.24) is 4.90 Å². The number of nitrogens with two attached hydrogens (primary N) is 1. The zero-order valence-electron chi connectivity index (χ0n) is 10.6. The Bertz CT molecular complexity index is 379. The third kappa shape index (κ3) is 3.77. The maximum Gasteiger partial charge on any atom is 0.160 e. The average Bonchev–Trinajstić information content (AvgIpc) is 2.32. The number of ether oxygens (including phenoxy) is 1. The van der Waals surface area contributed by atoms with Gasteiger partial charge in [-0.1, -0.05) is 6.07 Å². The van der Waals surface area contributed by atoms with Gasteiger partial charge in [0.05, 0.1) is 7.11 Å². The Hall–Kier alpha value is -0.970. The van der Waals surface area contributed by atoms with Crippen LogP contribution in [0.25, 0.3) is 0 Å². The van der Waals surface area contributed by atoms with E-state index in [4.69, 9.17) is 10.5 Å². The molecule has 5 heteroatoms. The van der Waals surface area contributed by atoms with E-state index in [1.54, 1.807) is 19.2 Å². The molecule has 3 N–H and O–H groups in total. The van der Waals surface area contributed by atoms with Crippen LogP contribution in [0.15, 0.2) is 18.2 Å². The van der Waals surface area contributed by atoms with E-state index >= 15 is 0 Å². The van der Waals surface area contributed by atoms with Crippen molar-refractivity contribution in [3.8, 4) is 11.5 Å². The molecule has 4 nitrogen and oxygen atoms in total. The lowest BCUT2D eigenvalue weighted by Crippen LogP contribution is -2.39. The lowest BCUT2D eigenvalue weighted by Gasteiger charge is -2.30. The summed E-state index contributed by atoms with van der Waals surface area (Å²) < 4.78 is 5.02. The zero-order valence-corrected chi connectivity index (χ0v) is 11.4. The summed E-state index contributed by atoms with van der Waals surface area (Å²) in [6, 6.07) is 5.93. The topological polar surface area (TPSA) is 58.7 Å². The number of piperidine rings is 1. The molecule has 1 aliphatic heterocycles. The minimum atomic E-state index is 0. The van der Waals surface area contributed by atoms with E-state index in [9.17, 15) is 5.11 Å². The first-order valence-electron chi connectivity index (χ1n) is 6.03. The van der Waals surface area contributed by atoms with E-state index in [2.05, 4.69) is 4.90 Å². The lowest BCUT2D eigenvalue weighted by molar-refractivity contribution is 0.205. The summed E-state index contributed by atoms with van der Waals surface area (Å²) in [6.45, 7) is 2.94. The molecule has 0 atom stereocenters. The van der Waals surface area contributed by atoms with Crippen molar-refractivity contribution < 1.29 is 9.84 Å². The summed E-state index contributed by atoms with van der Waals surface area (Å²) in [6.07, 6.45) is 2.12. The number of phenols is 1. The van der Waals surface area contributed by atoms with Crippen LogP contribution in [0, 0.1) is 0 Å². The van der Waals surface area contributed by atoms with Crippen LogP contribution in [-0.4, -0.2) is 36.2 Å². The van der Waals surface area contributed by atoms with Crippen molar-refractivity contribution in [1.29, 1.82) is 0 Å². The first kappa shape index (κ1) is 15.1. The molecular formula is C13H21ClN2O2. The number of halogens is 1. The fourth-order valence-electron chi connectivity index (χ4n) is 2.20. The molecule has 1 aromatic carbocycles. The molecule has 0 unspecified atom stereocenters. The Morgan fingerprint density at radius 3 is 2.61 bits per heavy atom. The van der Waals surface area contributed by atoms with Crippen molar-refractivity contribution in [2.45, 2.75) is 25.4 Å². The van der Waals surface area contributed by atoms with Gasteiger partial charge in [-0.3, -0.25) is 4.90 Å². The summed E-state index contributed by atoms with van der Waals surface area (Å²) in [5.41, 5.74) is 6.98. The van der Waals surface area contributed by atoms with Crippen LogP contribution in [0.5, 0.6) is 11.5 Å². The second kappa shape index (κ2) is 6.83. The Balaban J connectivity index is 0.00000162. The standard InChI is InChI=1S/C13H20N2O2.ClH/c1-17-13-3-2-10(8-12(13)16)9-15-6-4-11(14)5-7-15;/h2-3,8,11,16H,4-7,9,14H2,1H3;1H. The van der Waals surface area contributed by atoms with Crippen LogP contribution in [0.3, 0.4) is 0 Å². The average molecular weight is 273 g/mol. The summed E-state index contributed by atoms with van der Waals surface area (Å²) >= 11 is 0. The van der Waals surface area contributed by atoms with Gasteiger partial charge in [-0.15, -0.1) is 12.4 Å². The van der Waals surface area contributed by atoms with E-state index in [0.717, 1.165) is 38.0 Å². The molecule has 1 heterocycles. The van der Waals surface area contributed by atoms with Crippen molar-refractivity contribution in [3.05, 3.63) is 23.8 Å². The Morgan fingerprint density at radius 2 is 2.06 bits per heavy atom. The van der Waals surface area contributed by atoms with Crippen LogP contribution < -0.4 is 10.5 Å². The van der Waals surface area contributed by atoms with Gasteiger partial charge in [0.2, 0.25) is 0 Å². The van der Waals surface area contributed by atoms with E-state index in [-0.39, 0.29) is 18.2 Å². The normalized spacial score (nSPS) is 17.2. The monoisotopic (exact) mass is 272 g/mol. The van der Waals surface area contributed by atoms with Crippen LogP contribution in [0.4, 0.5) is 0 Å². The number of benzene rings is 1. The number of hydrogen-bond donors (Lipinski definition) is 2. The molecule has 0 spiro atoms. The molecule has 0 aromatic heterocycles. The van der Waals surface area contributed by atoms with Crippen LogP contribution >= 0.6 is 12.4 Å². The van der Waals surface area contributed by atoms with Gasteiger partial charge in [0, 0.05) is 12.6 Å². The molecule has 0 bridgehead atoms. The first-order valence-corrected chi connectivity index (χ1v) is 6.03. The molecule has 1 aliphatic rings. The molecular weight excluding hydrogens is 252 g/mol. The van der Waals surface area contributed by atoms with Gasteiger partial charge in [0.15, 0.2) is 11.5 Å². The minimum Gasteiger partial charge on any atom is -0.504 e. The van der Waals surface area contributed by atoms with Gasteiger partial charge < -0.3 is 15.6 Å². The largest absolute Gasteiger partial charge is 0.504 e. The third-order valence-corrected chi connectivity index (χ3v) is 3.28. The summed E-state index contributed by atoms with van der Waals surface area (Å²) in [5.74, 6) is 0.730.